The smallest absolute Gasteiger partial charge is 0.0565 e. The van der Waals surface area contributed by atoms with Crippen LogP contribution in [-0.2, 0) is 11.3 Å². The van der Waals surface area contributed by atoms with Crippen molar-refractivity contribution in [3.8, 4) is 0 Å². The Hall–Kier alpha value is -0.570. The summed E-state index contributed by atoms with van der Waals surface area (Å²) in [6.07, 6.45) is 2.97. The molecule has 0 amide bonds. The van der Waals surface area contributed by atoms with E-state index in [-0.39, 0.29) is 0 Å². The van der Waals surface area contributed by atoms with Gasteiger partial charge >= 0.3 is 0 Å². The van der Waals surface area contributed by atoms with Crippen molar-refractivity contribution in [3.05, 3.63) is 34.9 Å². The molecule has 3 heteroatoms. The molecule has 1 saturated heterocycles. The lowest BCUT2D eigenvalue weighted by Gasteiger charge is -2.37. The van der Waals surface area contributed by atoms with Crippen molar-refractivity contribution in [2.24, 2.45) is 0 Å². The Morgan fingerprint density at radius 3 is 2.28 bits per heavy atom. The lowest BCUT2D eigenvalue weighted by atomic mass is 9.98. The second-order valence-corrected chi connectivity index (χ2v) is 5.86. The van der Waals surface area contributed by atoms with Gasteiger partial charge in [0, 0.05) is 17.6 Å². The van der Waals surface area contributed by atoms with Crippen molar-refractivity contribution in [1.29, 1.82) is 0 Å². The molecule has 1 aliphatic rings. The highest BCUT2D eigenvalue weighted by atomic mass is 35.5. The van der Waals surface area contributed by atoms with Crippen LogP contribution in [0.3, 0.4) is 0 Å². The average Bonchev–Trinajstić information content (AvgIpc) is 2.31. The van der Waals surface area contributed by atoms with Gasteiger partial charge in [-0.2, -0.15) is 0 Å². The molecule has 1 heterocycles. The summed E-state index contributed by atoms with van der Waals surface area (Å²) in [5.74, 6) is 0. The summed E-state index contributed by atoms with van der Waals surface area (Å²) in [4.78, 5) is 2.43. The van der Waals surface area contributed by atoms with Crippen LogP contribution in [0.15, 0.2) is 24.3 Å². The van der Waals surface area contributed by atoms with Gasteiger partial charge in [0.1, 0.15) is 0 Å². The van der Waals surface area contributed by atoms with Crippen molar-refractivity contribution in [1.82, 2.24) is 4.90 Å². The summed E-state index contributed by atoms with van der Waals surface area (Å²) >= 11 is 5.91. The van der Waals surface area contributed by atoms with Crippen LogP contribution < -0.4 is 0 Å². The second-order valence-electron chi connectivity index (χ2n) is 5.42. The molecule has 0 radical (unpaired) electrons. The van der Waals surface area contributed by atoms with Crippen molar-refractivity contribution in [2.75, 3.05) is 7.05 Å². The summed E-state index contributed by atoms with van der Waals surface area (Å²) < 4.78 is 5.79. The van der Waals surface area contributed by atoms with E-state index in [2.05, 4.69) is 37.9 Å². The molecule has 1 aromatic rings. The first-order valence-electron chi connectivity index (χ1n) is 6.64. The van der Waals surface area contributed by atoms with Crippen LogP contribution in [0.1, 0.15) is 32.3 Å². The third-order valence-corrected chi connectivity index (χ3v) is 3.89. The standard InChI is InChI=1S/C15H22ClNO/c1-11-8-15(9-12(2)18-11)17(3)10-13-4-6-14(16)7-5-13/h4-7,11-12,15H,8-10H2,1-3H3. The fourth-order valence-corrected chi connectivity index (χ4v) is 2.86. The average molecular weight is 268 g/mol. The molecule has 1 fully saturated rings. The maximum absolute atomic E-state index is 5.91. The van der Waals surface area contributed by atoms with Gasteiger partial charge in [-0.15, -0.1) is 0 Å². The van der Waals surface area contributed by atoms with Gasteiger partial charge in [-0.05, 0) is 51.4 Å². The Bertz CT molecular complexity index is 369. The lowest BCUT2D eigenvalue weighted by Crippen LogP contribution is -2.42. The molecule has 0 saturated carbocycles. The van der Waals surface area contributed by atoms with E-state index >= 15 is 0 Å². The quantitative estimate of drug-likeness (QED) is 0.827. The maximum atomic E-state index is 5.91. The summed E-state index contributed by atoms with van der Waals surface area (Å²) in [5.41, 5.74) is 1.31. The molecule has 0 spiro atoms. The predicted octanol–water partition coefficient (Wildman–Crippen LogP) is 3.73. The normalized spacial score (nSPS) is 28.6. The van der Waals surface area contributed by atoms with Crippen molar-refractivity contribution in [3.63, 3.8) is 0 Å². The monoisotopic (exact) mass is 267 g/mol. The predicted molar refractivity (Wildman–Crippen MR) is 76.0 cm³/mol. The summed E-state index contributed by atoms with van der Waals surface area (Å²) in [6.45, 7) is 5.30. The van der Waals surface area contributed by atoms with Gasteiger partial charge in [-0.1, -0.05) is 23.7 Å². The highest BCUT2D eigenvalue weighted by Gasteiger charge is 2.27. The van der Waals surface area contributed by atoms with E-state index < -0.39 is 0 Å². The van der Waals surface area contributed by atoms with Crippen LogP contribution >= 0.6 is 11.6 Å². The van der Waals surface area contributed by atoms with E-state index in [4.69, 9.17) is 16.3 Å². The minimum absolute atomic E-state index is 0.367. The minimum Gasteiger partial charge on any atom is -0.375 e. The van der Waals surface area contributed by atoms with Gasteiger partial charge < -0.3 is 4.74 Å². The van der Waals surface area contributed by atoms with E-state index in [1.165, 1.54) is 5.56 Å². The first-order chi connectivity index (χ1) is 8.54. The number of ether oxygens (including phenoxy) is 1. The number of rotatable bonds is 3. The van der Waals surface area contributed by atoms with Gasteiger partial charge in [-0.3, -0.25) is 4.90 Å². The molecular weight excluding hydrogens is 246 g/mol. The molecule has 2 unspecified atom stereocenters. The Labute approximate surface area is 115 Å². The summed E-state index contributed by atoms with van der Waals surface area (Å²) in [6, 6.07) is 8.73. The molecule has 100 valence electrons. The largest absolute Gasteiger partial charge is 0.375 e. The van der Waals surface area contributed by atoms with Crippen LogP contribution in [0.5, 0.6) is 0 Å². The summed E-state index contributed by atoms with van der Waals surface area (Å²) in [5, 5.41) is 0.801. The van der Waals surface area contributed by atoms with Crippen LogP contribution in [0.25, 0.3) is 0 Å². The van der Waals surface area contributed by atoms with Crippen LogP contribution in [0, 0.1) is 0 Å². The Balaban J connectivity index is 1.94. The Kier molecular flexibility index (Phi) is 4.66. The van der Waals surface area contributed by atoms with Crippen molar-refractivity contribution in [2.45, 2.75) is 51.5 Å². The molecule has 2 atom stereocenters. The lowest BCUT2D eigenvalue weighted by molar-refractivity contribution is -0.0624. The number of nitrogens with zero attached hydrogens (tertiary/aromatic N) is 1. The van der Waals surface area contributed by atoms with Crippen LogP contribution in [0.2, 0.25) is 5.02 Å². The molecule has 2 rings (SSSR count). The maximum Gasteiger partial charge on any atom is 0.0565 e. The Morgan fingerprint density at radius 1 is 1.17 bits per heavy atom. The Morgan fingerprint density at radius 2 is 1.72 bits per heavy atom. The van der Waals surface area contributed by atoms with Crippen LogP contribution in [0.4, 0.5) is 0 Å². The number of benzene rings is 1. The van der Waals surface area contributed by atoms with E-state index in [0.717, 1.165) is 24.4 Å². The molecule has 18 heavy (non-hydrogen) atoms. The molecule has 0 N–H and O–H groups in total. The van der Waals surface area contributed by atoms with Crippen molar-refractivity contribution < 1.29 is 4.74 Å². The molecule has 0 aromatic heterocycles. The molecule has 1 aliphatic heterocycles. The SMILES string of the molecule is CC1CC(N(C)Cc2ccc(Cl)cc2)CC(C)O1. The van der Waals surface area contributed by atoms with Gasteiger partial charge in [0.15, 0.2) is 0 Å². The van der Waals surface area contributed by atoms with Gasteiger partial charge in [0.05, 0.1) is 12.2 Å². The minimum atomic E-state index is 0.367. The fourth-order valence-electron chi connectivity index (χ4n) is 2.74. The highest BCUT2D eigenvalue weighted by molar-refractivity contribution is 6.30. The third-order valence-electron chi connectivity index (χ3n) is 3.64. The molecule has 0 aliphatic carbocycles. The topological polar surface area (TPSA) is 12.5 Å². The van der Waals surface area contributed by atoms with Gasteiger partial charge in [0.25, 0.3) is 0 Å². The highest BCUT2D eigenvalue weighted by Crippen LogP contribution is 2.24. The zero-order chi connectivity index (χ0) is 13.1. The molecule has 2 nitrogen and oxygen atoms in total. The first kappa shape index (κ1) is 13.9. The van der Waals surface area contributed by atoms with E-state index in [1.807, 2.05) is 12.1 Å². The molecular formula is C15H22ClNO. The zero-order valence-corrected chi connectivity index (χ0v) is 12.2. The zero-order valence-electron chi connectivity index (χ0n) is 11.4. The number of halogens is 1. The number of hydrogen-bond acceptors (Lipinski definition) is 2. The molecule has 1 aromatic carbocycles. The third kappa shape index (κ3) is 3.71. The van der Waals surface area contributed by atoms with Crippen molar-refractivity contribution >= 4 is 11.6 Å². The van der Waals surface area contributed by atoms with E-state index in [0.29, 0.717) is 18.2 Å². The molecule has 0 bridgehead atoms. The van der Waals surface area contributed by atoms with Crippen LogP contribution in [-0.4, -0.2) is 30.2 Å². The summed E-state index contributed by atoms with van der Waals surface area (Å²) in [7, 11) is 2.20. The van der Waals surface area contributed by atoms with Gasteiger partial charge in [-0.25, -0.2) is 0 Å². The first-order valence-corrected chi connectivity index (χ1v) is 7.02. The van der Waals surface area contributed by atoms with E-state index in [9.17, 15) is 0 Å². The number of hydrogen-bond donors (Lipinski definition) is 0. The fraction of sp³-hybridized carbons (Fsp3) is 0.600. The van der Waals surface area contributed by atoms with E-state index in [1.54, 1.807) is 0 Å². The second kappa shape index (κ2) is 6.05. The van der Waals surface area contributed by atoms with Gasteiger partial charge in [0.2, 0.25) is 0 Å².